The number of rotatable bonds is 5. The Morgan fingerprint density at radius 1 is 1.35 bits per heavy atom. The minimum absolute atomic E-state index is 0.0734. The molecule has 2 amide bonds. The quantitative estimate of drug-likeness (QED) is 0.796. The van der Waals surface area contributed by atoms with Gasteiger partial charge in [0.15, 0.2) is 0 Å². The summed E-state index contributed by atoms with van der Waals surface area (Å²) in [6, 6.07) is -0.558. The predicted molar refractivity (Wildman–Crippen MR) is 77.7 cm³/mol. The van der Waals surface area contributed by atoms with Crippen molar-refractivity contribution in [3.05, 3.63) is 0 Å². The Balaban J connectivity index is 2.52. The fraction of sp³-hybridized carbons (Fsp3) is 0.857. The number of carboxylic acid groups (broad SMARTS) is 1. The zero-order chi connectivity index (χ0) is 15.3. The standard InChI is InChI=1S/C14H27N3O3/c1-5-10(2)12(13(18)19)15-14(20)17-8-6-11(7-9-17)16(3)4/h10-12H,5-9H2,1-4H3,(H,15,20)(H,18,19). The molecule has 1 saturated heterocycles. The van der Waals surface area contributed by atoms with Crippen molar-refractivity contribution < 1.29 is 14.7 Å². The number of amides is 2. The van der Waals surface area contributed by atoms with Gasteiger partial charge in [0.2, 0.25) is 0 Å². The highest BCUT2D eigenvalue weighted by molar-refractivity contribution is 5.82. The summed E-state index contributed by atoms with van der Waals surface area (Å²) < 4.78 is 0. The number of likely N-dealkylation sites (tertiary alicyclic amines) is 1. The summed E-state index contributed by atoms with van der Waals surface area (Å²) in [4.78, 5) is 27.3. The lowest BCUT2D eigenvalue weighted by atomic mass is 9.99. The third kappa shape index (κ3) is 4.37. The maximum absolute atomic E-state index is 12.1. The monoisotopic (exact) mass is 285 g/mol. The van der Waals surface area contributed by atoms with Gasteiger partial charge >= 0.3 is 12.0 Å². The first kappa shape index (κ1) is 16.8. The summed E-state index contributed by atoms with van der Waals surface area (Å²) in [5.74, 6) is -1.04. The van der Waals surface area contributed by atoms with Crippen LogP contribution in [0.2, 0.25) is 0 Å². The minimum Gasteiger partial charge on any atom is -0.480 e. The number of urea groups is 1. The van der Waals surface area contributed by atoms with E-state index in [1.165, 1.54) is 0 Å². The molecule has 1 aliphatic rings. The Morgan fingerprint density at radius 3 is 2.30 bits per heavy atom. The van der Waals surface area contributed by atoms with E-state index >= 15 is 0 Å². The van der Waals surface area contributed by atoms with Crippen LogP contribution in [0.3, 0.4) is 0 Å². The van der Waals surface area contributed by atoms with Crippen LogP contribution in [0.25, 0.3) is 0 Å². The lowest BCUT2D eigenvalue weighted by Gasteiger charge is -2.36. The molecule has 0 bridgehead atoms. The van der Waals surface area contributed by atoms with Crippen LogP contribution in [-0.2, 0) is 4.79 Å². The van der Waals surface area contributed by atoms with Gasteiger partial charge < -0.3 is 20.2 Å². The van der Waals surface area contributed by atoms with Gasteiger partial charge in [-0.3, -0.25) is 0 Å². The van der Waals surface area contributed by atoms with Crippen LogP contribution in [0.15, 0.2) is 0 Å². The van der Waals surface area contributed by atoms with Gasteiger partial charge in [-0.25, -0.2) is 9.59 Å². The molecule has 0 spiro atoms. The molecule has 1 aliphatic heterocycles. The molecule has 0 radical (unpaired) electrons. The van der Waals surface area contributed by atoms with Gasteiger partial charge in [0.05, 0.1) is 0 Å². The van der Waals surface area contributed by atoms with E-state index < -0.39 is 12.0 Å². The SMILES string of the molecule is CCC(C)C(NC(=O)N1CCC(N(C)C)CC1)C(=O)O. The molecule has 1 rings (SSSR count). The Bertz CT molecular complexity index is 339. The zero-order valence-corrected chi connectivity index (χ0v) is 12.9. The van der Waals surface area contributed by atoms with Crippen LogP contribution in [0, 0.1) is 5.92 Å². The average molecular weight is 285 g/mol. The van der Waals surface area contributed by atoms with Crippen LogP contribution in [0.5, 0.6) is 0 Å². The Morgan fingerprint density at radius 2 is 1.90 bits per heavy atom. The van der Waals surface area contributed by atoms with Crippen molar-refractivity contribution in [2.45, 2.75) is 45.2 Å². The van der Waals surface area contributed by atoms with E-state index in [9.17, 15) is 14.7 Å². The van der Waals surface area contributed by atoms with E-state index in [0.29, 0.717) is 19.1 Å². The summed E-state index contributed by atoms with van der Waals surface area (Å²) >= 11 is 0. The van der Waals surface area contributed by atoms with Crippen molar-refractivity contribution >= 4 is 12.0 Å². The second kappa shape index (κ2) is 7.47. The van der Waals surface area contributed by atoms with Gasteiger partial charge in [-0.1, -0.05) is 20.3 Å². The lowest BCUT2D eigenvalue weighted by molar-refractivity contribution is -0.140. The molecule has 0 aliphatic carbocycles. The molecule has 6 heteroatoms. The molecule has 1 fully saturated rings. The molecule has 0 saturated carbocycles. The molecule has 0 aromatic rings. The molecule has 2 atom stereocenters. The van der Waals surface area contributed by atoms with E-state index in [2.05, 4.69) is 10.2 Å². The second-order valence-electron chi connectivity index (χ2n) is 5.83. The maximum Gasteiger partial charge on any atom is 0.326 e. The van der Waals surface area contributed by atoms with Crippen molar-refractivity contribution in [3.63, 3.8) is 0 Å². The molecule has 2 N–H and O–H groups in total. The number of nitrogens with zero attached hydrogens (tertiary/aromatic N) is 2. The number of piperidine rings is 1. The molecule has 0 aromatic carbocycles. The number of carbonyl (C=O) groups excluding carboxylic acids is 1. The van der Waals surface area contributed by atoms with Crippen molar-refractivity contribution in [2.75, 3.05) is 27.2 Å². The van der Waals surface area contributed by atoms with Crippen LogP contribution < -0.4 is 5.32 Å². The number of nitrogens with one attached hydrogen (secondary N) is 1. The number of hydrogen-bond donors (Lipinski definition) is 2. The first-order valence-electron chi connectivity index (χ1n) is 7.31. The Hall–Kier alpha value is -1.30. The van der Waals surface area contributed by atoms with Crippen LogP contribution in [0.4, 0.5) is 4.79 Å². The Labute approximate surface area is 121 Å². The highest BCUT2D eigenvalue weighted by atomic mass is 16.4. The fourth-order valence-electron chi connectivity index (χ4n) is 2.49. The number of aliphatic carboxylic acids is 1. The average Bonchev–Trinajstić information content (AvgIpc) is 2.43. The van der Waals surface area contributed by atoms with Crippen molar-refractivity contribution in [1.29, 1.82) is 0 Å². The highest BCUT2D eigenvalue weighted by Gasteiger charge is 2.29. The largest absolute Gasteiger partial charge is 0.480 e. The smallest absolute Gasteiger partial charge is 0.326 e. The minimum atomic E-state index is -0.962. The summed E-state index contributed by atoms with van der Waals surface area (Å²) in [6.45, 7) is 5.13. The summed E-state index contributed by atoms with van der Waals surface area (Å²) in [5, 5.41) is 11.9. The third-order valence-corrected chi connectivity index (χ3v) is 4.24. The van der Waals surface area contributed by atoms with Crippen LogP contribution in [0.1, 0.15) is 33.1 Å². The summed E-state index contributed by atoms with van der Waals surface area (Å²) in [7, 11) is 4.09. The molecule has 20 heavy (non-hydrogen) atoms. The normalized spacial score (nSPS) is 19.8. The first-order chi connectivity index (χ1) is 9.36. The van der Waals surface area contributed by atoms with Crippen LogP contribution >= 0.6 is 0 Å². The highest BCUT2D eigenvalue weighted by Crippen LogP contribution is 2.15. The summed E-state index contributed by atoms with van der Waals surface area (Å²) in [6.07, 6.45) is 2.59. The first-order valence-corrected chi connectivity index (χ1v) is 7.31. The van der Waals surface area contributed by atoms with E-state index in [1.807, 2.05) is 27.9 Å². The van der Waals surface area contributed by atoms with Crippen molar-refractivity contribution in [3.8, 4) is 0 Å². The number of hydrogen-bond acceptors (Lipinski definition) is 3. The molecule has 1 heterocycles. The van der Waals surface area contributed by atoms with Crippen molar-refractivity contribution in [2.24, 2.45) is 5.92 Å². The van der Waals surface area contributed by atoms with Gasteiger partial charge in [0, 0.05) is 19.1 Å². The topological polar surface area (TPSA) is 72.9 Å². The van der Waals surface area contributed by atoms with E-state index in [0.717, 1.165) is 19.3 Å². The van der Waals surface area contributed by atoms with E-state index in [1.54, 1.807) is 4.90 Å². The number of carboxylic acids is 1. The molecule has 116 valence electrons. The third-order valence-electron chi connectivity index (χ3n) is 4.24. The fourth-order valence-corrected chi connectivity index (χ4v) is 2.49. The van der Waals surface area contributed by atoms with Gasteiger partial charge in [0.25, 0.3) is 0 Å². The zero-order valence-electron chi connectivity index (χ0n) is 12.9. The summed E-state index contributed by atoms with van der Waals surface area (Å²) in [5.41, 5.74) is 0. The second-order valence-corrected chi connectivity index (χ2v) is 5.83. The van der Waals surface area contributed by atoms with E-state index in [4.69, 9.17) is 0 Å². The van der Waals surface area contributed by atoms with Gasteiger partial charge in [-0.2, -0.15) is 0 Å². The molecular weight excluding hydrogens is 258 g/mol. The van der Waals surface area contributed by atoms with Crippen molar-refractivity contribution in [1.82, 2.24) is 15.1 Å². The van der Waals surface area contributed by atoms with Crippen LogP contribution in [-0.4, -0.2) is 66.2 Å². The predicted octanol–water partition coefficient (Wildman–Crippen LogP) is 1.22. The lowest BCUT2D eigenvalue weighted by Crippen LogP contribution is -2.53. The molecule has 6 nitrogen and oxygen atoms in total. The molecular formula is C14H27N3O3. The maximum atomic E-state index is 12.1. The van der Waals surface area contributed by atoms with Gasteiger partial charge in [-0.15, -0.1) is 0 Å². The molecule has 0 aromatic heterocycles. The number of carbonyl (C=O) groups is 2. The van der Waals surface area contributed by atoms with Gasteiger partial charge in [0.1, 0.15) is 6.04 Å². The molecule has 2 unspecified atom stereocenters. The Kier molecular flexibility index (Phi) is 6.26. The van der Waals surface area contributed by atoms with Gasteiger partial charge in [-0.05, 0) is 32.9 Å². The van der Waals surface area contributed by atoms with E-state index in [-0.39, 0.29) is 11.9 Å².